The molecular weight excluding hydrogens is 320 g/mol. The molecule has 2 aromatic rings. The summed E-state index contributed by atoms with van der Waals surface area (Å²) in [6.07, 6.45) is -3.41. The van der Waals surface area contributed by atoms with Crippen LogP contribution in [0.1, 0.15) is 12.0 Å². The van der Waals surface area contributed by atoms with Crippen LogP contribution in [-0.4, -0.2) is 6.11 Å². The summed E-state index contributed by atoms with van der Waals surface area (Å²) >= 11 is 0. The molecule has 0 fully saturated rings. The fourth-order valence-electron chi connectivity index (χ4n) is 2.16. The summed E-state index contributed by atoms with van der Waals surface area (Å²) in [6, 6.07) is 13.7. The van der Waals surface area contributed by atoms with Gasteiger partial charge < -0.3 is 4.74 Å². The maximum absolute atomic E-state index is 13.1. The van der Waals surface area contributed by atoms with Crippen LogP contribution in [0, 0.1) is 0 Å². The van der Waals surface area contributed by atoms with Crippen LogP contribution >= 0.6 is 0 Å². The Morgan fingerprint density at radius 3 is 2.00 bits per heavy atom. The molecule has 0 amide bonds. The Kier molecular flexibility index (Phi) is 5.79. The second kappa shape index (κ2) is 7.81. The third-order valence-electron chi connectivity index (χ3n) is 3.31. The molecule has 0 bridgehead atoms. The molecule has 0 spiro atoms. The Morgan fingerprint density at radius 1 is 0.958 bits per heavy atom. The van der Waals surface area contributed by atoms with E-state index in [1.54, 1.807) is 12.1 Å². The van der Waals surface area contributed by atoms with Gasteiger partial charge in [-0.3, -0.25) is 0 Å². The third kappa shape index (κ3) is 5.26. The summed E-state index contributed by atoms with van der Waals surface area (Å²) in [5, 5.41) is 0. The Hall–Kier alpha value is -2.56. The van der Waals surface area contributed by atoms with Crippen LogP contribution < -0.4 is 4.74 Å². The third-order valence-corrected chi connectivity index (χ3v) is 3.31. The summed E-state index contributed by atoms with van der Waals surface area (Å²) in [5.41, 5.74) is 2.91. The van der Waals surface area contributed by atoms with Gasteiger partial charge in [-0.05, 0) is 41.7 Å². The number of hydrogen-bond donors (Lipinski definition) is 0. The first-order valence-corrected chi connectivity index (χ1v) is 7.30. The van der Waals surface area contributed by atoms with Crippen molar-refractivity contribution in [1.82, 2.24) is 0 Å². The van der Waals surface area contributed by atoms with Crippen molar-refractivity contribution >= 4 is 0 Å². The van der Waals surface area contributed by atoms with E-state index in [1.807, 2.05) is 30.3 Å². The minimum Gasteiger partial charge on any atom is -0.429 e. The van der Waals surface area contributed by atoms with Crippen LogP contribution in [-0.2, 0) is 6.42 Å². The molecule has 0 atom stereocenters. The van der Waals surface area contributed by atoms with Crippen molar-refractivity contribution in [3.63, 3.8) is 0 Å². The van der Waals surface area contributed by atoms with E-state index in [0.29, 0.717) is 0 Å². The van der Waals surface area contributed by atoms with Gasteiger partial charge in [0, 0.05) is 0 Å². The molecule has 0 N–H and O–H groups in total. The van der Waals surface area contributed by atoms with Crippen LogP contribution in [0.4, 0.5) is 17.6 Å². The molecule has 2 aromatic carbocycles. The Balaban J connectivity index is 2.09. The van der Waals surface area contributed by atoms with E-state index in [9.17, 15) is 17.6 Å². The van der Waals surface area contributed by atoms with Crippen molar-refractivity contribution in [3.05, 3.63) is 78.9 Å². The Morgan fingerprint density at radius 2 is 1.50 bits per heavy atom. The smallest absolute Gasteiger partial charge is 0.425 e. The molecule has 0 unspecified atom stereocenters. The van der Waals surface area contributed by atoms with Gasteiger partial charge in [0.1, 0.15) is 5.75 Å². The number of aryl methyl sites for hydroxylation is 1. The van der Waals surface area contributed by atoms with Crippen molar-refractivity contribution < 1.29 is 22.3 Å². The number of alkyl halides is 2. The molecule has 2 rings (SSSR count). The Bertz CT molecular complexity index is 699. The molecular formula is C19H16F4O. The summed E-state index contributed by atoms with van der Waals surface area (Å²) in [4.78, 5) is 0. The highest BCUT2D eigenvalue weighted by Crippen LogP contribution is 2.27. The normalized spacial score (nSPS) is 11.0. The van der Waals surface area contributed by atoms with Crippen molar-refractivity contribution in [1.29, 1.82) is 0 Å². The van der Waals surface area contributed by atoms with Gasteiger partial charge in [0.25, 0.3) is 6.08 Å². The lowest BCUT2D eigenvalue weighted by molar-refractivity contribution is -0.133. The average Bonchev–Trinajstić information content (AvgIpc) is 2.52. The highest BCUT2D eigenvalue weighted by molar-refractivity contribution is 5.64. The monoisotopic (exact) mass is 336 g/mol. The number of allylic oxidation sites excluding steroid dienone is 1. The first-order valence-electron chi connectivity index (χ1n) is 7.30. The van der Waals surface area contributed by atoms with E-state index in [4.69, 9.17) is 0 Å². The lowest BCUT2D eigenvalue weighted by atomic mass is 10.0. The van der Waals surface area contributed by atoms with Crippen LogP contribution in [0.15, 0.2) is 73.3 Å². The molecule has 5 heteroatoms. The van der Waals surface area contributed by atoms with E-state index in [0.717, 1.165) is 24.0 Å². The fraction of sp³-hybridized carbons (Fsp3) is 0.158. The first kappa shape index (κ1) is 17.8. The molecule has 1 nitrogen and oxygen atoms in total. The summed E-state index contributed by atoms with van der Waals surface area (Å²) < 4.78 is 54.4. The van der Waals surface area contributed by atoms with Gasteiger partial charge in [-0.2, -0.15) is 17.6 Å². The zero-order valence-electron chi connectivity index (χ0n) is 12.8. The number of halogens is 4. The number of ether oxygens (including phenoxy) is 1. The second-order valence-electron chi connectivity index (χ2n) is 5.15. The predicted molar refractivity (Wildman–Crippen MR) is 86.3 cm³/mol. The molecule has 0 aliphatic heterocycles. The lowest BCUT2D eigenvalue weighted by Crippen LogP contribution is -2.21. The molecule has 126 valence electrons. The van der Waals surface area contributed by atoms with Gasteiger partial charge in [-0.15, -0.1) is 6.58 Å². The first-order chi connectivity index (χ1) is 11.4. The molecule has 0 radical (unpaired) electrons. The summed E-state index contributed by atoms with van der Waals surface area (Å²) in [6.45, 7) is 3.68. The number of hydrogen-bond acceptors (Lipinski definition) is 1. The molecule has 0 aliphatic carbocycles. The van der Waals surface area contributed by atoms with Gasteiger partial charge in [-0.25, -0.2) is 0 Å². The average molecular weight is 336 g/mol. The highest BCUT2D eigenvalue weighted by Gasteiger charge is 2.30. The number of rotatable bonds is 7. The van der Waals surface area contributed by atoms with E-state index in [-0.39, 0.29) is 5.75 Å². The standard InChI is InChI=1S/C19H16F4O/c1-2-3-4-14-5-7-15(8-6-14)16-9-11-17(12-10-16)24-19(22,23)13-18(20)21/h2,5-13H,1,3-4H2. The van der Waals surface area contributed by atoms with Gasteiger partial charge in [-0.1, -0.05) is 42.5 Å². The van der Waals surface area contributed by atoms with Crippen molar-refractivity contribution in [2.45, 2.75) is 19.0 Å². The quantitative estimate of drug-likeness (QED) is 0.430. The van der Waals surface area contributed by atoms with Gasteiger partial charge in [0.2, 0.25) is 0 Å². The largest absolute Gasteiger partial charge is 0.429 e. The molecule has 0 heterocycles. The lowest BCUT2D eigenvalue weighted by Gasteiger charge is -2.14. The minimum atomic E-state index is -4.05. The summed E-state index contributed by atoms with van der Waals surface area (Å²) in [5.74, 6) is -0.191. The molecule has 0 saturated heterocycles. The van der Waals surface area contributed by atoms with Crippen LogP contribution in [0.2, 0.25) is 0 Å². The SMILES string of the molecule is C=CCCc1ccc(-c2ccc(OC(F)(F)C=C(F)F)cc2)cc1. The minimum absolute atomic E-state index is 0.191. The van der Waals surface area contributed by atoms with Gasteiger partial charge in [0.15, 0.2) is 0 Å². The molecule has 0 aromatic heterocycles. The zero-order valence-corrected chi connectivity index (χ0v) is 12.8. The molecule has 0 aliphatic rings. The molecule has 24 heavy (non-hydrogen) atoms. The Labute approximate surface area is 137 Å². The van der Waals surface area contributed by atoms with Crippen molar-refractivity contribution in [2.75, 3.05) is 0 Å². The van der Waals surface area contributed by atoms with Crippen LogP contribution in [0.3, 0.4) is 0 Å². The van der Waals surface area contributed by atoms with E-state index >= 15 is 0 Å². The maximum Gasteiger partial charge on any atom is 0.425 e. The highest BCUT2D eigenvalue weighted by atomic mass is 19.3. The van der Waals surface area contributed by atoms with Crippen LogP contribution in [0.5, 0.6) is 5.75 Å². The van der Waals surface area contributed by atoms with E-state index in [2.05, 4.69) is 11.3 Å². The maximum atomic E-state index is 13.1. The van der Waals surface area contributed by atoms with Crippen molar-refractivity contribution in [3.8, 4) is 16.9 Å². The summed E-state index contributed by atoms with van der Waals surface area (Å²) in [7, 11) is 0. The zero-order chi connectivity index (χ0) is 17.6. The second-order valence-corrected chi connectivity index (χ2v) is 5.15. The number of benzene rings is 2. The van der Waals surface area contributed by atoms with Crippen LogP contribution in [0.25, 0.3) is 11.1 Å². The van der Waals surface area contributed by atoms with E-state index < -0.39 is 18.3 Å². The van der Waals surface area contributed by atoms with Crippen molar-refractivity contribution in [2.24, 2.45) is 0 Å². The topological polar surface area (TPSA) is 9.23 Å². The van der Waals surface area contributed by atoms with Gasteiger partial charge >= 0.3 is 6.11 Å². The molecule has 0 saturated carbocycles. The predicted octanol–water partition coefficient (Wildman–Crippen LogP) is 6.22. The van der Waals surface area contributed by atoms with Gasteiger partial charge in [0.05, 0.1) is 6.08 Å². The van der Waals surface area contributed by atoms with E-state index in [1.165, 1.54) is 17.7 Å². The fourth-order valence-corrected chi connectivity index (χ4v) is 2.16.